The molecule has 1 heterocycles. The second-order valence-corrected chi connectivity index (χ2v) is 6.14. The second kappa shape index (κ2) is 5.28. The minimum Gasteiger partial charge on any atom is -0.488 e. The van der Waals surface area contributed by atoms with E-state index in [1.54, 1.807) is 6.07 Å². The van der Waals surface area contributed by atoms with Gasteiger partial charge < -0.3 is 4.74 Å². The third-order valence-corrected chi connectivity index (χ3v) is 3.58. The fourth-order valence-corrected chi connectivity index (χ4v) is 2.42. The Hall–Kier alpha value is -1.23. The van der Waals surface area contributed by atoms with Crippen molar-refractivity contribution in [3.63, 3.8) is 0 Å². The maximum atomic E-state index is 12.9. The Labute approximate surface area is 117 Å². The summed E-state index contributed by atoms with van der Waals surface area (Å²) >= 11 is 0. The zero-order valence-corrected chi connectivity index (χ0v) is 12.0. The van der Waals surface area contributed by atoms with Gasteiger partial charge in [-0.2, -0.15) is 13.2 Å². The molecule has 1 fully saturated rings. The predicted octanol–water partition coefficient (Wildman–Crippen LogP) is 3.96. The summed E-state index contributed by atoms with van der Waals surface area (Å²) in [5.74, 6) is -0.0687. The molecule has 1 aliphatic rings. The van der Waals surface area contributed by atoms with Gasteiger partial charge >= 0.3 is 6.18 Å². The smallest absolute Gasteiger partial charge is 0.419 e. The van der Waals surface area contributed by atoms with Crippen molar-refractivity contribution in [1.82, 2.24) is 4.90 Å². The highest BCUT2D eigenvalue weighted by Gasteiger charge is 2.36. The minimum atomic E-state index is -4.38. The van der Waals surface area contributed by atoms with Crippen molar-refractivity contribution in [3.8, 4) is 5.75 Å². The Balaban J connectivity index is 2.09. The largest absolute Gasteiger partial charge is 0.488 e. The van der Waals surface area contributed by atoms with E-state index >= 15 is 0 Å². The van der Waals surface area contributed by atoms with Gasteiger partial charge in [-0.3, -0.25) is 4.90 Å². The Kier molecular flexibility index (Phi) is 4.00. The van der Waals surface area contributed by atoms with E-state index in [1.165, 1.54) is 12.1 Å². The number of ether oxygens (including phenoxy) is 1. The van der Waals surface area contributed by atoms with Crippen molar-refractivity contribution in [1.29, 1.82) is 0 Å². The molecule has 1 unspecified atom stereocenters. The van der Waals surface area contributed by atoms with Crippen LogP contribution in [0.4, 0.5) is 13.2 Å². The summed E-state index contributed by atoms with van der Waals surface area (Å²) in [4.78, 5) is 2.23. The number of hydrogen-bond donors (Lipinski definition) is 0. The number of rotatable bonds is 2. The van der Waals surface area contributed by atoms with Crippen molar-refractivity contribution in [2.24, 2.45) is 0 Å². The zero-order valence-electron chi connectivity index (χ0n) is 12.0. The fraction of sp³-hybridized carbons (Fsp3) is 0.600. The van der Waals surface area contributed by atoms with Crippen molar-refractivity contribution in [2.75, 3.05) is 13.1 Å². The van der Waals surface area contributed by atoms with E-state index in [2.05, 4.69) is 25.7 Å². The molecule has 1 saturated heterocycles. The monoisotopic (exact) mass is 287 g/mol. The molecule has 112 valence electrons. The summed E-state index contributed by atoms with van der Waals surface area (Å²) in [6.07, 6.45) is -3.81. The molecule has 0 bridgehead atoms. The van der Waals surface area contributed by atoms with Gasteiger partial charge in [-0.05, 0) is 39.3 Å². The van der Waals surface area contributed by atoms with E-state index < -0.39 is 11.7 Å². The maximum absolute atomic E-state index is 12.9. The Morgan fingerprint density at radius 1 is 1.15 bits per heavy atom. The molecule has 1 aliphatic heterocycles. The molecular weight excluding hydrogens is 267 g/mol. The second-order valence-electron chi connectivity index (χ2n) is 6.14. The lowest BCUT2D eigenvalue weighted by atomic mass is 10.1. The highest BCUT2D eigenvalue weighted by molar-refractivity contribution is 5.35. The van der Waals surface area contributed by atoms with Crippen LogP contribution in [0.1, 0.15) is 32.8 Å². The first kappa shape index (κ1) is 15.2. The highest BCUT2D eigenvalue weighted by Crippen LogP contribution is 2.37. The lowest BCUT2D eigenvalue weighted by Crippen LogP contribution is -2.40. The number of likely N-dealkylation sites (tertiary alicyclic amines) is 1. The number of para-hydroxylation sites is 1. The molecule has 0 spiro atoms. The number of benzene rings is 1. The van der Waals surface area contributed by atoms with E-state index in [-0.39, 0.29) is 17.4 Å². The molecule has 1 aromatic rings. The lowest BCUT2D eigenvalue weighted by Gasteiger charge is -2.31. The Bertz CT molecular complexity index is 465. The molecular formula is C15H20F3NO. The first-order chi connectivity index (χ1) is 9.18. The van der Waals surface area contributed by atoms with Crippen molar-refractivity contribution < 1.29 is 17.9 Å². The first-order valence-corrected chi connectivity index (χ1v) is 6.76. The number of halogens is 3. The predicted molar refractivity (Wildman–Crippen MR) is 71.8 cm³/mol. The molecule has 0 saturated carbocycles. The molecule has 0 aromatic heterocycles. The molecule has 2 nitrogen and oxygen atoms in total. The van der Waals surface area contributed by atoms with E-state index in [9.17, 15) is 13.2 Å². The molecule has 5 heteroatoms. The van der Waals surface area contributed by atoms with Crippen molar-refractivity contribution >= 4 is 0 Å². The van der Waals surface area contributed by atoms with Gasteiger partial charge in [0.2, 0.25) is 0 Å². The van der Waals surface area contributed by atoms with Crippen LogP contribution in [0.15, 0.2) is 24.3 Å². The fourth-order valence-electron chi connectivity index (χ4n) is 2.42. The van der Waals surface area contributed by atoms with Crippen LogP contribution < -0.4 is 4.74 Å². The van der Waals surface area contributed by atoms with Crippen LogP contribution in [0.3, 0.4) is 0 Å². The zero-order chi connectivity index (χ0) is 15.0. The lowest BCUT2D eigenvalue weighted by molar-refractivity contribution is -0.139. The first-order valence-electron chi connectivity index (χ1n) is 6.76. The van der Waals surface area contributed by atoms with Crippen LogP contribution in [0.5, 0.6) is 5.75 Å². The molecule has 20 heavy (non-hydrogen) atoms. The van der Waals surface area contributed by atoms with Crippen LogP contribution in [0, 0.1) is 0 Å². The topological polar surface area (TPSA) is 12.5 Å². The van der Waals surface area contributed by atoms with Crippen LogP contribution in [-0.2, 0) is 6.18 Å². The maximum Gasteiger partial charge on any atom is 0.419 e. The molecule has 0 radical (unpaired) electrons. The molecule has 2 rings (SSSR count). The Morgan fingerprint density at radius 2 is 1.80 bits per heavy atom. The van der Waals surface area contributed by atoms with Crippen LogP contribution in [0.2, 0.25) is 0 Å². The number of alkyl halides is 3. The van der Waals surface area contributed by atoms with E-state index in [0.717, 1.165) is 19.0 Å². The molecule has 0 aliphatic carbocycles. The number of hydrogen-bond acceptors (Lipinski definition) is 2. The van der Waals surface area contributed by atoms with Gasteiger partial charge in [-0.1, -0.05) is 12.1 Å². The average Bonchev–Trinajstić information content (AvgIpc) is 2.76. The number of nitrogens with zero attached hydrogens (tertiary/aromatic N) is 1. The standard InChI is InChI=1S/C15H20F3NO/c1-14(2,3)19-9-8-11(10-19)20-13-7-5-4-6-12(13)15(16,17)18/h4-7,11H,8-10H2,1-3H3. The molecule has 1 atom stereocenters. The van der Waals surface area contributed by atoms with E-state index in [1.807, 2.05) is 0 Å². The molecule has 0 N–H and O–H groups in total. The van der Waals surface area contributed by atoms with Gasteiger partial charge in [0.25, 0.3) is 0 Å². The third-order valence-electron chi connectivity index (χ3n) is 3.58. The van der Waals surface area contributed by atoms with Crippen LogP contribution >= 0.6 is 0 Å². The summed E-state index contributed by atoms with van der Waals surface area (Å²) < 4.78 is 44.3. The summed E-state index contributed by atoms with van der Waals surface area (Å²) in [5.41, 5.74) is -0.684. The van der Waals surface area contributed by atoms with Gasteiger partial charge in [-0.15, -0.1) is 0 Å². The van der Waals surface area contributed by atoms with Gasteiger partial charge in [0.05, 0.1) is 5.56 Å². The average molecular weight is 287 g/mol. The van der Waals surface area contributed by atoms with Crippen LogP contribution in [-0.4, -0.2) is 29.6 Å². The summed E-state index contributed by atoms with van der Waals surface area (Å²) in [6, 6.07) is 5.40. The van der Waals surface area contributed by atoms with Crippen molar-refractivity contribution in [2.45, 2.75) is 45.0 Å². The summed E-state index contributed by atoms with van der Waals surface area (Å²) in [6.45, 7) is 7.80. The summed E-state index contributed by atoms with van der Waals surface area (Å²) in [5, 5.41) is 0. The quantitative estimate of drug-likeness (QED) is 0.816. The molecule has 1 aromatic carbocycles. The molecule has 0 amide bonds. The van der Waals surface area contributed by atoms with E-state index in [4.69, 9.17) is 4.74 Å². The Morgan fingerprint density at radius 3 is 2.35 bits per heavy atom. The van der Waals surface area contributed by atoms with Gasteiger partial charge in [0.15, 0.2) is 0 Å². The SMILES string of the molecule is CC(C)(C)N1CCC(Oc2ccccc2C(F)(F)F)C1. The van der Waals surface area contributed by atoms with Crippen LogP contribution in [0.25, 0.3) is 0 Å². The van der Waals surface area contributed by atoms with Gasteiger partial charge in [0, 0.05) is 18.6 Å². The minimum absolute atomic E-state index is 0.0155. The van der Waals surface area contributed by atoms with Gasteiger partial charge in [-0.25, -0.2) is 0 Å². The highest BCUT2D eigenvalue weighted by atomic mass is 19.4. The summed E-state index contributed by atoms with van der Waals surface area (Å²) in [7, 11) is 0. The third kappa shape index (κ3) is 3.45. The normalized spacial score (nSPS) is 21.2. The van der Waals surface area contributed by atoms with E-state index in [0.29, 0.717) is 6.54 Å². The van der Waals surface area contributed by atoms with Gasteiger partial charge in [0.1, 0.15) is 11.9 Å². The van der Waals surface area contributed by atoms with Crippen molar-refractivity contribution in [3.05, 3.63) is 29.8 Å².